The predicted octanol–water partition coefficient (Wildman–Crippen LogP) is 3.27. The van der Waals surface area contributed by atoms with Crippen molar-refractivity contribution in [2.45, 2.75) is 13.8 Å². The molecule has 1 aromatic rings. The van der Waals surface area contributed by atoms with Crippen LogP contribution in [-0.4, -0.2) is 6.41 Å². The van der Waals surface area contributed by atoms with E-state index >= 15 is 0 Å². The second-order valence-corrected chi connectivity index (χ2v) is 3.57. The fourth-order valence-electron chi connectivity index (χ4n) is 1.12. The molecule has 0 aliphatic rings. The van der Waals surface area contributed by atoms with Crippen LogP contribution in [0.25, 0.3) is 0 Å². The van der Waals surface area contributed by atoms with E-state index in [1.807, 2.05) is 19.9 Å². The first-order chi connectivity index (χ1) is 7.63. The van der Waals surface area contributed by atoms with Gasteiger partial charge in [-0.05, 0) is 44.2 Å². The Morgan fingerprint density at radius 2 is 1.88 bits per heavy atom. The van der Waals surface area contributed by atoms with E-state index in [4.69, 9.17) is 0 Å². The number of allylic oxidation sites excluding steroid dienone is 3. The van der Waals surface area contributed by atoms with E-state index in [0.717, 1.165) is 5.57 Å². The molecule has 0 aliphatic carbocycles. The molecule has 0 unspecified atom stereocenters. The maximum Gasteiger partial charge on any atom is 0.218 e. The van der Waals surface area contributed by atoms with Gasteiger partial charge < -0.3 is 0 Å². The number of nitrogens with zero attached hydrogens (tertiary/aromatic N) is 1. The Hall–Kier alpha value is -1.90. The zero-order valence-electron chi connectivity index (χ0n) is 9.35. The van der Waals surface area contributed by atoms with Gasteiger partial charge in [0.15, 0.2) is 0 Å². The molecule has 0 saturated carbocycles. The zero-order chi connectivity index (χ0) is 12.0. The first kappa shape index (κ1) is 12.2. The van der Waals surface area contributed by atoms with E-state index in [2.05, 4.69) is 0 Å². The quantitative estimate of drug-likeness (QED) is 0.562. The van der Waals surface area contributed by atoms with Crippen molar-refractivity contribution in [2.24, 2.45) is 0 Å². The Balaban J connectivity index is 2.82. The minimum atomic E-state index is -0.317. The topological polar surface area (TPSA) is 20.3 Å². The van der Waals surface area contributed by atoms with E-state index in [1.165, 1.54) is 17.0 Å². The third-order valence-electron chi connectivity index (χ3n) is 1.91. The van der Waals surface area contributed by atoms with Gasteiger partial charge in [-0.1, -0.05) is 11.6 Å². The predicted molar refractivity (Wildman–Crippen MR) is 63.5 cm³/mol. The van der Waals surface area contributed by atoms with Crippen molar-refractivity contribution in [3.63, 3.8) is 0 Å². The van der Waals surface area contributed by atoms with Gasteiger partial charge in [0.05, 0.1) is 0 Å². The molecule has 1 aromatic carbocycles. The molecule has 0 N–H and O–H groups in total. The normalized spacial score (nSPS) is 10.2. The molecule has 0 aromatic heterocycles. The van der Waals surface area contributed by atoms with Gasteiger partial charge in [-0.3, -0.25) is 9.69 Å². The van der Waals surface area contributed by atoms with Crippen LogP contribution in [0.4, 0.5) is 10.1 Å². The van der Waals surface area contributed by atoms with Crippen LogP contribution in [0.2, 0.25) is 0 Å². The number of amides is 1. The van der Waals surface area contributed by atoms with Crippen molar-refractivity contribution < 1.29 is 9.18 Å². The van der Waals surface area contributed by atoms with Gasteiger partial charge >= 0.3 is 0 Å². The summed E-state index contributed by atoms with van der Waals surface area (Å²) in [5, 5.41) is 0. The molecule has 16 heavy (non-hydrogen) atoms. The fraction of sp³-hybridized carbons (Fsp3) is 0.154. The Labute approximate surface area is 94.7 Å². The number of rotatable bonds is 4. The fourth-order valence-corrected chi connectivity index (χ4v) is 1.12. The summed E-state index contributed by atoms with van der Waals surface area (Å²) in [4.78, 5) is 12.2. The Morgan fingerprint density at radius 1 is 1.25 bits per heavy atom. The molecule has 3 heteroatoms. The number of carbonyl (C=O) groups excluding carboxylic acids is 1. The standard InChI is InChI=1S/C13H14FNO/c1-11(2)4-3-9-15(10-16)13-7-5-12(14)6-8-13/h3-10H,1-2H3/b9-3-. The van der Waals surface area contributed by atoms with E-state index < -0.39 is 0 Å². The minimum Gasteiger partial charge on any atom is -0.290 e. The van der Waals surface area contributed by atoms with Crippen LogP contribution in [-0.2, 0) is 4.79 Å². The molecule has 0 bridgehead atoms. The molecular formula is C13H14FNO. The summed E-state index contributed by atoms with van der Waals surface area (Å²) in [6, 6.07) is 5.74. The number of hydrogen-bond donors (Lipinski definition) is 0. The highest BCUT2D eigenvalue weighted by atomic mass is 19.1. The molecule has 0 heterocycles. The Kier molecular flexibility index (Phi) is 4.45. The highest BCUT2D eigenvalue weighted by Crippen LogP contribution is 2.13. The lowest BCUT2D eigenvalue weighted by Crippen LogP contribution is -2.12. The lowest BCUT2D eigenvalue weighted by atomic mass is 10.3. The SMILES string of the molecule is CC(C)=C/C=C\N(C=O)c1ccc(F)cc1. The Morgan fingerprint density at radius 3 is 2.38 bits per heavy atom. The molecule has 0 saturated heterocycles. The lowest BCUT2D eigenvalue weighted by Gasteiger charge is -2.11. The summed E-state index contributed by atoms with van der Waals surface area (Å²) in [6.45, 7) is 3.93. The third-order valence-corrected chi connectivity index (χ3v) is 1.91. The van der Waals surface area contributed by atoms with Crippen molar-refractivity contribution in [1.29, 1.82) is 0 Å². The Bertz CT molecular complexity index is 402. The highest BCUT2D eigenvalue weighted by molar-refractivity contribution is 5.77. The van der Waals surface area contributed by atoms with Crippen LogP contribution in [0.15, 0.2) is 48.2 Å². The number of halogens is 1. The molecule has 2 nitrogen and oxygen atoms in total. The smallest absolute Gasteiger partial charge is 0.218 e. The van der Waals surface area contributed by atoms with E-state index in [-0.39, 0.29) is 5.82 Å². The van der Waals surface area contributed by atoms with Gasteiger partial charge in [-0.25, -0.2) is 4.39 Å². The first-order valence-electron chi connectivity index (χ1n) is 4.94. The third kappa shape index (κ3) is 3.69. The number of hydrogen-bond acceptors (Lipinski definition) is 1. The van der Waals surface area contributed by atoms with Gasteiger partial charge in [0.1, 0.15) is 5.82 Å². The van der Waals surface area contributed by atoms with Crippen LogP contribution >= 0.6 is 0 Å². The number of anilines is 1. The van der Waals surface area contributed by atoms with Crippen molar-refractivity contribution in [2.75, 3.05) is 4.90 Å². The van der Waals surface area contributed by atoms with Gasteiger partial charge in [-0.15, -0.1) is 0 Å². The van der Waals surface area contributed by atoms with Crippen molar-refractivity contribution in [3.8, 4) is 0 Å². The van der Waals surface area contributed by atoms with E-state index in [9.17, 15) is 9.18 Å². The van der Waals surface area contributed by atoms with Crippen molar-refractivity contribution >= 4 is 12.1 Å². The molecule has 0 radical (unpaired) electrons. The largest absolute Gasteiger partial charge is 0.290 e. The van der Waals surface area contributed by atoms with Gasteiger partial charge in [0.2, 0.25) is 6.41 Å². The summed E-state index contributed by atoms with van der Waals surface area (Å²) in [5.74, 6) is -0.317. The van der Waals surface area contributed by atoms with Crippen LogP contribution in [0, 0.1) is 5.82 Å². The van der Waals surface area contributed by atoms with Crippen LogP contribution in [0.1, 0.15) is 13.8 Å². The second kappa shape index (κ2) is 5.85. The molecule has 0 spiro atoms. The number of benzene rings is 1. The molecular weight excluding hydrogens is 205 g/mol. The second-order valence-electron chi connectivity index (χ2n) is 3.57. The monoisotopic (exact) mass is 219 g/mol. The molecule has 1 rings (SSSR count). The molecule has 0 fully saturated rings. The molecule has 0 aliphatic heterocycles. The highest BCUT2D eigenvalue weighted by Gasteiger charge is 2.00. The summed E-state index contributed by atoms with van der Waals surface area (Å²) in [5.41, 5.74) is 1.77. The van der Waals surface area contributed by atoms with Crippen LogP contribution < -0.4 is 4.90 Å². The molecule has 0 atom stereocenters. The van der Waals surface area contributed by atoms with E-state index in [1.54, 1.807) is 24.4 Å². The van der Waals surface area contributed by atoms with Gasteiger partial charge in [0, 0.05) is 11.9 Å². The van der Waals surface area contributed by atoms with Gasteiger partial charge in [-0.2, -0.15) is 0 Å². The summed E-state index contributed by atoms with van der Waals surface area (Å²) < 4.78 is 12.7. The maximum atomic E-state index is 12.7. The minimum absolute atomic E-state index is 0.317. The molecule has 1 amide bonds. The average molecular weight is 219 g/mol. The van der Waals surface area contributed by atoms with Crippen molar-refractivity contribution in [3.05, 3.63) is 54.0 Å². The van der Waals surface area contributed by atoms with Crippen LogP contribution in [0.3, 0.4) is 0 Å². The number of carbonyl (C=O) groups is 1. The average Bonchev–Trinajstić information content (AvgIpc) is 2.26. The summed E-state index contributed by atoms with van der Waals surface area (Å²) in [7, 11) is 0. The summed E-state index contributed by atoms with van der Waals surface area (Å²) in [6.07, 6.45) is 5.98. The zero-order valence-corrected chi connectivity index (χ0v) is 9.35. The first-order valence-corrected chi connectivity index (χ1v) is 4.94. The lowest BCUT2D eigenvalue weighted by molar-refractivity contribution is -0.106. The molecule has 84 valence electrons. The maximum absolute atomic E-state index is 12.7. The van der Waals surface area contributed by atoms with E-state index in [0.29, 0.717) is 12.1 Å². The van der Waals surface area contributed by atoms with Crippen LogP contribution in [0.5, 0.6) is 0 Å². The van der Waals surface area contributed by atoms with Gasteiger partial charge in [0.25, 0.3) is 0 Å². The van der Waals surface area contributed by atoms with Crippen molar-refractivity contribution in [1.82, 2.24) is 0 Å². The summed E-state index contributed by atoms with van der Waals surface area (Å²) >= 11 is 0.